The Kier molecular flexibility index (Phi) is 7.63. The average molecular weight is 379 g/mol. The van der Waals surface area contributed by atoms with Gasteiger partial charge in [0, 0.05) is 37.0 Å². The highest BCUT2D eigenvalue weighted by Crippen LogP contribution is 2.25. The Labute approximate surface area is 165 Å². The molecule has 0 fully saturated rings. The van der Waals surface area contributed by atoms with E-state index in [1.807, 2.05) is 26.8 Å². The van der Waals surface area contributed by atoms with Crippen LogP contribution in [0.15, 0.2) is 65.8 Å². The van der Waals surface area contributed by atoms with Gasteiger partial charge in [0.25, 0.3) is 0 Å². The van der Waals surface area contributed by atoms with Crippen LogP contribution in [0.2, 0.25) is 0 Å². The van der Waals surface area contributed by atoms with Crippen molar-refractivity contribution < 1.29 is 4.39 Å². The summed E-state index contributed by atoms with van der Waals surface area (Å²) in [5, 5.41) is 7.70. The first-order valence-corrected chi connectivity index (χ1v) is 9.22. The maximum absolute atomic E-state index is 14.2. The lowest BCUT2D eigenvalue weighted by Gasteiger charge is -2.11. The van der Waals surface area contributed by atoms with Crippen LogP contribution in [0, 0.1) is 12.7 Å². The van der Waals surface area contributed by atoms with Gasteiger partial charge in [-0.05, 0) is 24.6 Å². The first-order chi connectivity index (χ1) is 13.6. The van der Waals surface area contributed by atoms with Gasteiger partial charge in [0.2, 0.25) is 0 Å². The van der Waals surface area contributed by atoms with Crippen LogP contribution in [0.1, 0.15) is 19.4 Å². The monoisotopic (exact) mass is 379 g/mol. The standard InChI is InChI=1S/C20H20FN5.C2H6/c1-4-7-15(12-22-3)13-23-19-10-18(16-8-5-6-9-17(16)21)25-20-14(2)11-24-26(19)20;1-2/h4-12,23H,1,13H2,2-3H3;1-2H3/b15-7+,22-12?;. The molecule has 0 spiro atoms. The summed E-state index contributed by atoms with van der Waals surface area (Å²) in [6.45, 7) is 10.2. The number of nitrogens with one attached hydrogen (secondary N) is 1. The van der Waals surface area contributed by atoms with Crippen LogP contribution in [-0.4, -0.2) is 34.4 Å². The zero-order valence-electron chi connectivity index (χ0n) is 16.8. The van der Waals surface area contributed by atoms with Crippen molar-refractivity contribution in [2.45, 2.75) is 20.8 Å². The summed E-state index contributed by atoms with van der Waals surface area (Å²) >= 11 is 0. The van der Waals surface area contributed by atoms with Gasteiger partial charge in [-0.15, -0.1) is 0 Å². The molecular weight excluding hydrogens is 353 g/mol. The Hall–Kier alpha value is -3.28. The second-order valence-corrected chi connectivity index (χ2v) is 5.79. The number of fused-ring (bicyclic) bond motifs is 1. The lowest BCUT2D eigenvalue weighted by atomic mass is 10.1. The van der Waals surface area contributed by atoms with E-state index in [-0.39, 0.29) is 5.82 Å². The van der Waals surface area contributed by atoms with Gasteiger partial charge in [0.15, 0.2) is 5.65 Å². The molecule has 2 aromatic heterocycles. The molecule has 2 heterocycles. The van der Waals surface area contributed by atoms with E-state index in [9.17, 15) is 4.39 Å². The number of hydrogen-bond acceptors (Lipinski definition) is 4. The van der Waals surface area contributed by atoms with Crippen molar-refractivity contribution in [1.82, 2.24) is 14.6 Å². The minimum absolute atomic E-state index is 0.308. The zero-order valence-corrected chi connectivity index (χ0v) is 16.8. The first-order valence-electron chi connectivity index (χ1n) is 9.22. The molecule has 0 aliphatic heterocycles. The van der Waals surface area contributed by atoms with Gasteiger partial charge in [-0.3, -0.25) is 4.99 Å². The van der Waals surface area contributed by atoms with E-state index in [0.29, 0.717) is 23.4 Å². The molecule has 0 radical (unpaired) electrons. The number of rotatable bonds is 6. The Balaban J connectivity index is 0.00000136. The number of aromatic nitrogens is 3. The molecule has 28 heavy (non-hydrogen) atoms. The number of allylic oxidation sites excluding steroid dienone is 2. The molecule has 6 heteroatoms. The lowest BCUT2D eigenvalue weighted by molar-refractivity contribution is 0.630. The molecule has 0 saturated carbocycles. The molecule has 0 aliphatic rings. The van der Waals surface area contributed by atoms with Crippen LogP contribution < -0.4 is 5.32 Å². The van der Waals surface area contributed by atoms with Gasteiger partial charge < -0.3 is 5.32 Å². The fourth-order valence-electron chi connectivity index (χ4n) is 2.66. The van der Waals surface area contributed by atoms with Crippen LogP contribution in [0.5, 0.6) is 0 Å². The highest BCUT2D eigenvalue weighted by Gasteiger charge is 2.13. The van der Waals surface area contributed by atoms with E-state index in [1.54, 1.807) is 54.3 Å². The molecule has 0 bridgehead atoms. The molecule has 0 unspecified atom stereocenters. The number of aliphatic imine (C=N–C) groups is 1. The number of nitrogens with zero attached hydrogens (tertiary/aromatic N) is 4. The fourth-order valence-corrected chi connectivity index (χ4v) is 2.66. The van der Waals surface area contributed by atoms with Crippen molar-refractivity contribution in [2.24, 2.45) is 4.99 Å². The molecule has 0 atom stereocenters. The maximum Gasteiger partial charge on any atom is 0.160 e. The quantitative estimate of drug-likeness (QED) is 0.479. The molecular formula is C22H26FN5. The third kappa shape index (κ3) is 4.71. The third-order valence-electron chi connectivity index (χ3n) is 3.90. The summed E-state index contributed by atoms with van der Waals surface area (Å²) < 4.78 is 15.9. The van der Waals surface area contributed by atoms with Crippen molar-refractivity contribution >= 4 is 17.7 Å². The summed E-state index contributed by atoms with van der Waals surface area (Å²) in [5.74, 6) is 0.415. The number of halogens is 1. The van der Waals surface area contributed by atoms with E-state index < -0.39 is 0 Å². The van der Waals surface area contributed by atoms with Crippen LogP contribution in [-0.2, 0) is 0 Å². The molecule has 3 rings (SSSR count). The van der Waals surface area contributed by atoms with E-state index in [1.165, 1.54) is 6.07 Å². The Morgan fingerprint density at radius 2 is 2.07 bits per heavy atom. The van der Waals surface area contributed by atoms with Gasteiger partial charge >= 0.3 is 0 Å². The number of anilines is 1. The predicted octanol–water partition coefficient (Wildman–Crippen LogP) is 5.09. The van der Waals surface area contributed by atoms with Gasteiger partial charge in [-0.1, -0.05) is 44.7 Å². The molecule has 0 aliphatic carbocycles. The first kappa shape index (κ1) is 21.0. The number of aryl methyl sites for hydroxylation is 1. The highest BCUT2D eigenvalue weighted by atomic mass is 19.1. The molecule has 0 amide bonds. The van der Waals surface area contributed by atoms with E-state index in [2.05, 4.69) is 27.0 Å². The van der Waals surface area contributed by atoms with Crippen LogP contribution in [0.3, 0.4) is 0 Å². The highest BCUT2D eigenvalue weighted by molar-refractivity contribution is 5.80. The predicted molar refractivity (Wildman–Crippen MR) is 116 cm³/mol. The molecule has 5 nitrogen and oxygen atoms in total. The Morgan fingerprint density at radius 3 is 2.75 bits per heavy atom. The second kappa shape index (κ2) is 10.2. The molecule has 1 aromatic carbocycles. The van der Waals surface area contributed by atoms with Gasteiger partial charge in [-0.2, -0.15) is 9.61 Å². The van der Waals surface area contributed by atoms with Crippen LogP contribution >= 0.6 is 0 Å². The second-order valence-electron chi connectivity index (χ2n) is 5.79. The molecule has 3 aromatic rings. The van der Waals surface area contributed by atoms with Crippen LogP contribution in [0.25, 0.3) is 16.9 Å². The minimum Gasteiger partial charge on any atom is -0.366 e. The Morgan fingerprint density at radius 1 is 1.32 bits per heavy atom. The average Bonchev–Trinajstić information content (AvgIpc) is 3.09. The van der Waals surface area contributed by atoms with Crippen molar-refractivity contribution in [1.29, 1.82) is 0 Å². The third-order valence-corrected chi connectivity index (χ3v) is 3.90. The maximum atomic E-state index is 14.2. The number of benzene rings is 1. The van der Waals surface area contributed by atoms with Crippen molar-refractivity contribution in [3.8, 4) is 11.3 Å². The van der Waals surface area contributed by atoms with E-state index in [4.69, 9.17) is 0 Å². The molecule has 0 saturated heterocycles. The van der Waals surface area contributed by atoms with Gasteiger partial charge in [0.1, 0.15) is 11.6 Å². The van der Waals surface area contributed by atoms with Gasteiger partial charge in [-0.25, -0.2) is 9.37 Å². The smallest absolute Gasteiger partial charge is 0.160 e. The van der Waals surface area contributed by atoms with E-state index in [0.717, 1.165) is 17.0 Å². The van der Waals surface area contributed by atoms with Crippen molar-refractivity contribution in [2.75, 3.05) is 18.9 Å². The van der Waals surface area contributed by atoms with Crippen LogP contribution in [0.4, 0.5) is 10.2 Å². The zero-order chi connectivity index (χ0) is 20.5. The summed E-state index contributed by atoms with van der Waals surface area (Å²) in [6.07, 6.45) is 7.10. The molecule has 146 valence electrons. The van der Waals surface area contributed by atoms with Gasteiger partial charge in [0.05, 0.1) is 11.9 Å². The molecule has 1 N–H and O–H groups in total. The van der Waals surface area contributed by atoms with Crippen molar-refractivity contribution in [3.05, 3.63) is 72.2 Å². The minimum atomic E-state index is -0.308. The fraction of sp³-hybridized carbons (Fsp3) is 0.227. The summed E-state index contributed by atoms with van der Waals surface area (Å²) in [6, 6.07) is 8.41. The summed E-state index contributed by atoms with van der Waals surface area (Å²) in [7, 11) is 1.72. The normalized spacial score (nSPS) is 11.4. The number of hydrogen-bond donors (Lipinski definition) is 1. The summed E-state index contributed by atoms with van der Waals surface area (Å²) in [5.41, 5.74) is 3.58. The summed E-state index contributed by atoms with van der Waals surface area (Å²) in [4.78, 5) is 8.63. The van der Waals surface area contributed by atoms with E-state index >= 15 is 0 Å². The Bertz CT molecular complexity index is 1000. The largest absolute Gasteiger partial charge is 0.366 e. The SMILES string of the molecule is C=C/C=C(\C=NC)CNc1cc(-c2ccccc2F)nc2c(C)cnn12.CC. The van der Waals surface area contributed by atoms with Crippen molar-refractivity contribution in [3.63, 3.8) is 0 Å². The topological polar surface area (TPSA) is 54.6 Å². The lowest BCUT2D eigenvalue weighted by Crippen LogP contribution is -2.11.